The second kappa shape index (κ2) is 3.61. The maximum Gasteiger partial charge on any atom is 0.259 e. The van der Waals surface area contributed by atoms with Crippen LogP contribution in [0.3, 0.4) is 0 Å². The molecule has 1 aromatic rings. The monoisotopic (exact) mass is 187 g/mol. The lowest BCUT2D eigenvalue weighted by Gasteiger charge is -2.01. The number of nitrogens with one attached hydrogen (secondary N) is 1. The van der Waals surface area contributed by atoms with Gasteiger partial charge in [0.1, 0.15) is 0 Å². The van der Waals surface area contributed by atoms with Crippen LogP contribution in [-0.4, -0.2) is 20.1 Å². The highest BCUT2D eigenvalue weighted by Gasteiger charge is 2.12. The Morgan fingerprint density at radius 1 is 1.50 bits per heavy atom. The first-order chi connectivity index (χ1) is 5.67. The Kier molecular flexibility index (Phi) is 2.74. The Morgan fingerprint density at radius 3 is 2.75 bits per heavy atom. The Bertz CT molecular complexity index is 335. The van der Waals surface area contributed by atoms with Crippen molar-refractivity contribution in [1.82, 2.24) is 9.71 Å². The molecule has 0 radical (unpaired) electrons. The lowest BCUT2D eigenvalue weighted by Crippen LogP contribution is -2.29. The van der Waals surface area contributed by atoms with Crippen molar-refractivity contribution in [2.45, 2.75) is 5.03 Å². The van der Waals surface area contributed by atoms with Gasteiger partial charge in [0.2, 0.25) is 0 Å². The summed E-state index contributed by atoms with van der Waals surface area (Å²) < 4.78 is 24.5. The van der Waals surface area contributed by atoms with Gasteiger partial charge in [-0.3, -0.25) is 0 Å². The molecule has 12 heavy (non-hydrogen) atoms. The van der Waals surface area contributed by atoms with Crippen LogP contribution in [-0.2, 0) is 10.0 Å². The van der Waals surface area contributed by atoms with Crippen LogP contribution >= 0.6 is 0 Å². The predicted molar refractivity (Wildman–Crippen MR) is 43.6 cm³/mol. The van der Waals surface area contributed by atoms with Gasteiger partial charge in [0.15, 0.2) is 5.03 Å². The molecular weight excluding hydrogens is 178 g/mol. The maximum absolute atomic E-state index is 11.2. The third kappa shape index (κ3) is 2.00. The van der Waals surface area contributed by atoms with Crippen LogP contribution in [0, 0.1) is 0 Å². The van der Waals surface area contributed by atoms with Crippen LogP contribution in [0.25, 0.3) is 0 Å². The summed E-state index contributed by atoms with van der Waals surface area (Å²) in [5.74, 6) is 0. The van der Waals surface area contributed by atoms with Gasteiger partial charge in [-0.05, 0) is 12.1 Å². The molecule has 0 aliphatic rings. The average molecular weight is 187 g/mol. The highest BCUT2D eigenvalue weighted by atomic mass is 32.2. The van der Waals surface area contributed by atoms with Crippen molar-refractivity contribution in [3.05, 3.63) is 24.4 Å². The molecule has 0 unspecified atom stereocenters. The van der Waals surface area contributed by atoms with Gasteiger partial charge in [0, 0.05) is 6.20 Å². The van der Waals surface area contributed by atoms with E-state index in [-0.39, 0.29) is 11.7 Å². The molecule has 66 valence electrons. The van der Waals surface area contributed by atoms with E-state index in [2.05, 4.69) is 9.71 Å². The first kappa shape index (κ1) is 9.11. The zero-order valence-electron chi connectivity index (χ0n) is 6.27. The van der Waals surface area contributed by atoms with E-state index in [1.807, 2.05) is 0 Å². The Hall–Kier alpha value is -0.980. The van der Waals surface area contributed by atoms with E-state index in [0.29, 0.717) is 0 Å². The molecule has 3 N–H and O–H groups in total. The number of nitrogens with zero attached hydrogens (tertiary/aromatic N) is 1. The minimum Gasteiger partial charge on any atom is -0.318 e. The first-order valence-electron chi connectivity index (χ1n) is 3.27. The van der Waals surface area contributed by atoms with E-state index in [9.17, 15) is 8.42 Å². The molecule has 0 amide bonds. The van der Waals surface area contributed by atoms with Gasteiger partial charge in [-0.2, -0.15) is 4.72 Å². The topological polar surface area (TPSA) is 85.1 Å². The summed E-state index contributed by atoms with van der Waals surface area (Å²) in [6, 6.07) is 4.64. The smallest absolute Gasteiger partial charge is 0.259 e. The summed E-state index contributed by atoms with van der Waals surface area (Å²) in [6.07, 6.45) is 1.41. The lowest BCUT2D eigenvalue weighted by atomic mass is 10.5. The van der Waals surface area contributed by atoms with Crippen LogP contribution < -0.4 is 10.5 Å². The molecule has 0 aromatic carbocycles. The summed E-state index contributed by atoms with van der Waals surface area (Å²) in [7, 11) is -3.50. The highest BCUT2D eigenvalue weighted by molar-refractivity contribution is 7.89. The highest BCUT2D eigenvalue weighted by Crippen LogP contribution is 2.01. The molecule has 1 aromatic heterocycles. The summed E-state index contributed by atoms with van der Waals surface area (Å²) in [5.41, 5.74) is 5.03. The Morgan fingerprint density at radius 2 is 2.25 bits per heavy atom. The van der Waals surface area contributed by atoms with E-state index in [1.165, 1.54) is 12.3 Å². The second-order valence-electron chi connectivity index (χ2n) is 2.02. The van der Waals surface area contributed by atoms with Gasteiger partial charge in [0.05, 0.1) is 6.67 Å². The average Bonchev–Trinajstić information content (AvgIpc) is 2.06. The van der Waals surface area contributed by atoms with E-state index >= 15 is 0 Å². The van der Waals surface area contributed by atoms with Crippen molar-refractivity contribution >= 4 is 10.0 Å². The molecule has 0 spiro atoms. The Labute approximate surface area is 70.7 Å². The van der Waals surface area contributed by atoms with Crippen LogP contribution in [0.5, 0.6) is 0 Å². The number of rotatable bonds is 3. The zero-order valence-corrected chi connectivity index (χ0v) is 7.08. The molecule has 0 saturated heterocycles. The van der Waals surface area contributed by atoms with Crippen LogP contribution in [0.1, 0.15) is 0 Å². The van der Waals surface area contributed by atoms with Crippen molar-refractivity contribution in [3.8, 4) is 0 Å². The lowest BCUT2D eigenvalue weighted by molar-refractivity contribution is 0.579. The van der Waals surface area contributed by atoms with Crippen molar-refractivity contribution in [3.63, 3.8) is 0 Å². The molecule has 1 heterocycles. The largest absolute Gasteiger partial charge is 0.318 e. The summed E-state index contributed by atoms with van der Waals surface area (Å²) >= 11 is 0. The van der Waals surface area contributed by atoms with E-state index < -0.39 is 10.0 Å². The fraction of sp³-hybridized carbons (Fsp3) is 0.167. The number of hydrogen-bond donors (Lipinski definition) is 2. The molecule has 0 fully saturated rings. The van der Waals surface area contributed by atoms with E-state index in [0.717, 1.165) is 0 Å². The van der Waals surface area contributed by atoms with E-state index in [4.69, 9.17) is 5.73 Å². The first-order valence-corrected chi connectivity index (χ1v) is 4.76. The van der Waals surface area contributed by atoms with Crippen molar-refractivity contribution in [2.24, 2.45) is 5.73 Å². The molecular formula is C6H9N3O2S. The standard InChI is InChI=1S/C6H9N3O2S/c7-5-9-12(10,11)6-3-1-2-4-8-6/h1-4,9H,5,7H2. The number of hydrogen-bond acceptors (Lipinski definition) is 4. The minimum atomic E-state index is -3.50. The van der Waals surface area contributed by atoms with Gasteiger partial charge in [-0.1, -0.05) is 6.07 Å². The quantitative estimate of drug-likeness (QED) is 0.611. The van der Waals surface area contributed by atoms with Gasteiger partial charge < -0.3 is 5.73 Å². The summed E-state index contributed by atoms with van der Waals surface area (Å²) in [4.78, 5) is 3.66. The molecule has 1 rings (SSSR count). The fourth-order valence-corrected chi connectivity index (χ4v) is 1.51. The molecule has 0 atom stereocenters. The SMILES string of the molecule is NCNS(=O)(=O)c1ccccn1. The minimum absolute atomic E-state index is 0.0181. The summed E-state index contributed by atoms with van der Waals surface area (Å²) in [5, 5.41) is -0.0181. The Balaban J connectivity index is 2.99. The number of nitrogens with two attached hydrogens (primary N) is 1. The molecule has 0 aliphatic heterocycles. The second-order valence-corrected chi connectivity index (χ2v) is 3.73. The fourth-order valence-electron chi connectivity index (χ4n) is 0.690. The van der Waals surface area contributed by atoms with Crippen molar-refractivity contribution < 1.29 is 8.42 Å². The van der Waals surface area contributed by atoms with Crippen molar-refractivity contribution in [2.75, 3.05) is 6.67 Å². The molecule has 0 bridgehead atoms. The van der Waals surface area contributed by atoms with Gasteiger partial charge in [-0.25, -0.2) is 13.4 Å². The van der Waals surface area contributed by atoms with Crippen LogP contribution in [0.15, 0.2) is 29.4 Å². The number of pyridine rings is 1. The summed E-state index contributed by atoms with van der Waals surface area (Å²) in [6.45, 7) is -0.126. The third-order valence-electron chi connectivity index (χ3n) is 1.19. The van der Waals surface area contributed by atoms with Crippen LogP contribution in [0.4, 0.5) is 0 Å². The third-order valence-corrected chi connectivity index (χ3v) is 2.53. The van der Waals surface area contributed by atoms with Gasteiger partial charge in [0.25, 0.3) is 10.0 Å². The van der Waals surface area contributed by atoms with Gasteiger partial charge in [-0.15, -0.1) is 0 Å². The van der Waals surface area contributed by atoms with E-state index in [1.54, 1.807) is 12.1 Å². The molecule has 5 nitrogen and oxygen atoms in total. The number of aromatic nitrogens is 1. The molecule has 0 saturated carbocycles. The van der Waals surface area contributed by atoms with Crippen LogP contribution in [0.2, 0.25) is 0 Å². The molecule has 0 aliphatic carbocycles. The predicted octanol–water partition coefficient (Wildman–Crippen LogP) is -0.724. The molecule has 6 heteroatoms. The van der Waals surface area contributed by atoms with Crippen molar-refractivity contribution in [1.29, 1.82) is 0 Å². The maximum atomic E-state index is 11.2. The van der Waals surface area contributed by atoms with Gasteiger partial charge >= 0.3 is 0 Å². The normalized spacial score (nSPS) is 11.4. The zero-order chi connectivity index (χ0) is 9.03. The number of sulfonamides is 1.